The highest BCUT2D eigenvalue weighted by Crippen LogP contribution is 2.24. The second-order valence-corrected chi connectivity index (χ2v) is 6.83. The van der Waals surface area contributed by atoms with Crippen LogP contribution in [0.25, 0.3) is 0 Å². The van der Waals surface area contributed by atoms with Crippen LogP contribution < -0.4 is 0 Å². The SMILES string of the molecule is CC(C)CCn1cc([C@H](C(=O)O)N2CCSCC2)cn1. The summed E-state index contributed by atoms with van der Waals surface area (Å²) in [7, 11) is 0. The lowest BCUT2D eigenvalue weighted by Gasteiger charge is -2.31. The minimum absolute atomic E-state index is 0.552. The fraction of sp³-hybridized carbons (Fsp3) is 0.714. The van der Waals surface area contributed by atoms with Crippen molar-refractivity contribution in [3.63, 3.8) is 0 Å². The van der Waals surface area contributed by atoms with E-state index in [0.717, 1.165) is 43.1 Å². The third-order valence-electron chi connectivity index (χ3n) is 3.55. The van der Waals surface area contributed by atoms with E-state index < -0.39 is 12.0 Å². The summed E-state index contributed by atoms with van der Waals surface area (Å²) in [5.74, 6) is 1.86. The first-order valence-electron chi connectivity index (χ1n) is 7.15. The molecule has 0 radical (unpaired) electrons. The van der Waals surface area contributed by atoms with E-state index in [1.807, 2.05) is 27.5 Å². The molecule has 5 nitrogen and oxygen atoms in total. The predicted octanol–water partition coefficient (Wildman–Crippen LogP) is 2.10. The largest absolute Gasteiger partial charge is 0.480 e. The Hall–Kier alpha value is -1.01. The second-order valence-electron chi connectivity index (χ2n) is 5.61. The zero-order valence-corrected chi connectivity index (χ0v) is 13.0. The Morgan fingerprint density at radius 2 is 2.15 bits per heavy atom. The number of carbonyl (C=O) groups is 1. The van der Waals surface area contributed by atoms with E-state index in [1.165, 1.54) is 0 Å². The Morgan fingerprint density at radius 3 is 2.75 bits per heavy atom. The molecule has 0 aliphatic carbocycles. The molecule has 20 heavy (non-hydrogen) atoms. The molecule has 1 fully saturated rings. The molecule has 0 spiro atoms. The molecule has 2 rings (SSSR count). The Kier molecular flexibility index (Phi) is 5.48. The summed E-state index contributed by atoms with van der Waals surface area (Å²) in [5, 5.41) is 13.8. The average molecular weight is 297 g/mol. The number of hydrogen-bond acceptors (Lipinski definition) is 4. The van der Waals surface area contributed by atoms with Crippen LogP contribution in [0.3, 0.4) is 0 Å². The van der Waals surface area contributed by atoms with Gasteiger partial charge in [-0.3, -0.25) is 14.4 Å². The van der Waals surface area contributed by atoms with Crippen molar-refractivity contribution < 1.29 is 9.90 Å². The van der Waals surface area contributed by atoms with Gasteiger partial charge >= 0.3 is 5.97 Å². The normalized spacial score (nSPS) is 18.4. The average Bonchev–Trinajstić information content (AvgIpc) is 2.86. The zero-order valence-electron chi connectivity index (χ0n) is 12.2. The fourth-order valence-electron chi connectivity index (χ4n) is 2.38. The summed E-state index contributed by atoms with van der Waals surface area (Å²) < 4.78 is 1.87. The molecule has 1 aliphatic heterocycles. The molecule has 1 N–H and O–H groups in total. The Morgan fingerprint density at radius 1 is 1.45 bits per heavy atom. The highest BCUT2D eigenvalue weighted by molar-refractivity contribution is 7.99. The van der Waals surface area contributed by atoms with Crippen LogP contribution >= 0.6 is 11.8 Å². The summed E-state index contributed by atoms with van der Waals surface area (Å²) in [6.45, 7) is 6.86. The van der Waals surface area contributed by atoms with Gasteiger partial charge in [0.05, 0.1) is 6.20 Å². The first kappa shape index (κ1) is 15.4. The fourth-order valence-corrected chi connectivity index (χ4v) is 3.31. The standard InChI is InChI=1S/C14H23N3O2S/c1-11(2)3-4-17-10-12(9-15-17)13(14(18)19)16-5-7-20-8-6-16/h9-11,13H,3-8H2,1-2H3,(H,18,19)/t13-/m1/s1. The third kappa shape index (κ3) is 3.99. The van der Waals surface area contributed by atoms with Crippen LogP contribution in [0, 0.1) is 5.92 Å². The first-order chi connectivity index (χ1) is 9.58. The monoisotopic (exact) mass is 297 g/mol. The van der Waals surface area contributed by atoms with E-state index in [9.17, 15) is 9.90 Å². The topological polar surface area (TPSA) is 58.4 Å². The molecule has 2 heterocycles. The molecule has 1 aliphatic rings. The number of nitrogens with zero attached hydrogens (tertiary/aromatic N) is 3. The Balaban J connectivity index is 2.07. The van der Waals surface area contributed by atoms with Crippen LogP contribution in [-0.4, -0.2) is 50.4 Å². The third-order valence-corrected chi connectivity index (χ3v) is 4.49. The molecule has 1 saturated heterocycles. The molecule has 6 heteroatoms. The molecule has 1 aromatic heterocycles. The predicted molar refractivity (Wildman–Crippen MR) is 81.0 cm³/mol. The molecular weight excluding hydrogens is 274 g/mol. The number of rotatable bonds is 6. The van der Waals surface area contributed by atoms with Crippen molar-refractivity contribution in [1.29, 1.82) is 0 Å². The molecule has 0 amide bonds. The van der Waals surface area contributed by atoms with Crippen molar-refractivity contribution in [2.45, 2.75) is 32.9 Å². The van der Waals surface area contributed by atoms with Crippen molar-refractivity contribution in [2.24, 2.45) is 5.92 Å². The maximum Gasteiger partial charge on any atom is 0.325 e. The van der Waals surface area contributed by atoms with Gasteiger partial charge in [-0.25, -0.2) is 0 Å². The van der Waals surface area contributed by atoms with E-state index in [2.05, 4.69) is 18.9 Å². The lowest BCUT2D eigenvalue weighted by atomic mass is 10.1. The lowest BCUT2D eigenvalue weighted by molar-refractivity contribution is -0.143. The van der Waals surface area contributed by atoms with Crippen LogP contribution in [0.2, 0.25) is 0 Å². The maximum atomic E-state index is 11.6. The lowest BCUT2D eigenvalue weighted by Crippen LogP contribution is -2.39. The quantitative estimate of drug-likeness (QED) is 0.871. The van der Waals surface area contributed by atoms with Gasteiger partial charge in [0.1, 0.15) is 6.04 Å². The number of hydrogen-bond donors (Lipinski definition) is 1. The van der Waals surface area contributed by atoms with Gasteiger partial charge in [0.2, 0.25) is 0 Å². The number of aliphatic carboxylic acids is 1. The van der Waals surface area contributed by atoms with Crippen LogP contribution in [0.4, 0.5) is 0 Å². The van der Waals surface area contributed by atoms with Gasteiger partial charge in [0.15, 0.2) is 0 Å². The number of aryl methyl sites for hydroxylation is 1. The van der Waals surface area contributed by atoms with Gasteiger partial charge in [-0.05, 0) is 12.3 Å². The van der Waals surface area contributed by atoms with Crippen molar-refractivity contribution in [3.8, 4) is 0 Å². The minimum Gasteiger partial charge on any atom is -0.480 e. The molecule has 0 saturated carbocycles. The first-order valence-corrected chi connectivity index (χ1v) is 8.30. The maximum absolute atomic E-state index is 11.6. The number of carboxylic acid groups (broad SMARTS) is 1. The molecule has 112 valence electrons. The van der Waals surface area contributed by atoms with Crippen molar-refractivity contribution >= 4 is 17.7 Å². The summed E-state index contributed by atoms with van der Waals surface area (Å²) in [6.07, 6.45) is 4.66. The highest BCUT2D eigenvalue weighted by Gasteiger charge is 2.29. The van der Waals surface area contributed by atoms with Crippen molar-refractivity contribution in [3.05, 3.63) is 18.0 Å². The van der Waals surface area contributed by atoms with E-state index >= 15 is 0 Å². The number of aromatic nitrogens is 2. The second kappa shape index (κ2) is 7.13. The molecule has 1 atom stereocenters. The van der Waals surface area contributed by atoms with E-state index in [4.69, 9.17) is 0 Å². The van der Waals surface area contributed by atoms with Gasteiger partial charge in [-0.1, -0.05) is 13.8 Å². The Bertz CT molecular complexity index is 441. The van der Waals surface area contributed by atoms with Gasteiger partial charge < -0.3 is 5.11 Å². The highest BCUT2D eigenvalue weighted by atomic mass is 32.2. The van der Waals surface area contributed by atoms with Crippen LogP contribution in [-0.2, 0) is 11.3 Å². The molecule has 1 aromatic rings. The van der Waals surface area contributed by atoms with Crippen LogP contribution in [0.15, 0.2) is 12.4 Å². The van der Waals surface area contributed by atoms with Gasteiger partial charge in [0.25, 0.3) is 0 Å². The molecule has 0 aromatic carbocycles. The van der Waals surface area contributed by atoms with E-state index in [1.54, 1.807) is 6.20 Å². The van der Waals surface area contributed by atoms with Gasteiger partial charge in [-0.15, -0.1) is 0 Å². The summed E-state index contributed by atoms with van der Waals surface area (Å²) in [4.78, 5) is 13.6. The summed E-state index contributed by atoms with van der Waals surface area (Å²) >= 11 is 1.88. The minimum atomic E-state index is -0.777. The smallest absolute Gasteiger partial charge is 0.325 e. The molecule has 0 unspecified atom stereocenters. The van der Waals surface area contributed by atoms with Crippen molar-refractivity contribution in [1.82, 2.24) is 14.7 Å². The van der Waals surface area contributed by atoms with Gasteiger partial charge in [-0.2, -0.15) is 16.9 Å². The van der Waals surface area contributed by atoms with Crippen LogP contribution in [0.5, 0.6) is 0 Å². The summed E-state index contributed by atoms with van der Waals surface area (Å²) in [5.41, 5.74) is 0.799. The van der Waals surface area contributed by atoms with Crippen molar-refractivity contribution in [2.75, 3.05) is 24.6 Å². The Labute approximate surface area is 124 Å². The summed E-state index contributed by atoms with van der Waals surface area (Å²) in [6, 6.07) is -0.552. The molecular formula is C14H23N3O2S. The van der Waals surface area contributed by atoms with Crippen LogP contribution in [0.1, 0.15) is 31.9 Å². The zero-order chi connectivity index (χ0) is 14.5. The number of carboxylic acids is 1. The molecule has 0 bridgehead atoms. The van der Waals surface area contributed by atoms with E-state index in [-0.39, 0.29) is 0 Å². The van der Waals surface area contributed by atoms with Gasteiger partial charge in [0, 0.05) is 42.9 Å². The van der Waals surface area contributed by atoms with E-state index in [0.29, 0.717) is 5.92 Å². The number of thioether (sulfide) groups is 1.